The molecule has 0 unspecified atom stereocenters. The molecule has 2 aliphatic rings. The number of carbonyl (C=O) groups is 1. The minimum Gasteiger partial charge on any atom is -0.372 e. The maximum absolute atomic E-state index is 12.0. The van der Waals surface area contributed by atoms with Crippen molar-refractivity contribution in [3.8, 4) is 0 Å². The van der Waals surface area contributed by atoms with Gasteiger partial charge in [0.1, 0.15) is 0 Å². The summed E-state index contributed by atoms with van der Waals surface area (Å²) in [6.45, 7) is 3.10. The summed E-state index contributed by atoms with van der Waals surface area (Å²) in [5.74, 6) is 0.663. The molecular weight excluding hydrogens is 286 g/mol. The molecule has 4 nitrogen and oxygen atoms in total. The zero-order valence-corrected chi connectivity index (χ0v) is 14.0. The molecule has 3 rings (SSSR count). The first kappa shape index (κ1) is 16.2. The van der Waals surface area contributed by atoms with E-state index in [9.17, 15) is 4.79 Å². The lowest BCUT2D eigenvalue weighted by molar-refractivity contribution is 0.247. The predicted molar refractivity (Wildman–Crippen MR) is 96.1 cm³/mol. The van der Waals surface area contributed by atoms with Crippen LogP contribution < -0.4 is 15.5 Å². The molecule has 126 valence electrons. The molecule has 2 N–H and O–H groups in total. The van der Waals surface area contributed by atoms with Crippen LogP contribution in [0.25, 0.3) is 0 Å². The molecule has 0 spiro atoms. The lowest BCUT2D eigenvalue weighted by Gasteiger charge is -2.28. The first-order chi connectivity index (χ1) is 11.3. The smallest absolute Gasteiger partial charge is 0.319 e. The van der Waals surface area contributed by atoms with E-state index in [0.717, 1.165) is 25.3 Å². The highest BCUT2D eigenvalue weighted by Gasteiger charge is 2.14. The number of hydrogen-bond donors (Lipinski definition) is 2. The summed E-state index contributed by atoms with van der Waals surface area (Å²) in [5.41, 5.74) is 2.13. The van der Waals surface area contributed by atoms with Crippen molar-refractivity contribution in [1.82, 2.24) is 5.32 Å². The average Bonchev–Trinajstić information content (AvgIpc) is 2.62. The lowest BCUT2D eigenvalue weighted by Crippen LogP contribution is -2.33. The number of anilines is 2. The van der Waals surface area contributed by atoms with Crippen LogP contribution in [0.1, 0.15) is 51.4 Å². The van der Waals surface area contributed by atoms with Crippen molar-refractivity contribution in [2.75, 3.05) is 29.9 Å². The fourth-order valence-corrected chi connectivity index (χ4v) is 3.71. The Balaban J connectivity index is 1.44. The molecule has 4 heteroatoms. The highest BCUT2D eigenvalue weighted by molar-refractivity contribution is 5.89. The Labute approximate surface area is 139 Å². The van der Waals surface area contributed by atoms with Crippen LogP contribution in [0.4, 0.5) is 16.2 Å². The predicted octanol–water partition coefficient (Wildman–Crippen LogP) is 4.38. The molecule has 1 aromatic carbocycles. The molecular formula is C19H29N3O. The topological polar surface area (TPSA) is 44.4 Å². The Morgan fingerprint density at radius 1 is 0.957 bits per heavy atom. The number of urea groups is 1. The normalized spacial score (nSPS) is 19.4. The molecule has 0 aromatic heterocycles. The molecule has 0 bridgehead atoms. The van der Waals surface area contributed by atoms with Gasteiger partial charge in [0.15, 0.2) is 0 Å². The van der Waals surface area contributed by atoms with Gasteiger partial charge in [-0.15, -0.1) is 0 Å². The van der Waals surface area contributed by atoms with Crippen molar-refractivity contribution in [2.45, 2.75) is 51.4 Å². The summed E-state index contributed by atoms with van der Waals surface area (Å²) < 4.78 is 0. The van der Waals surface area contributed by atoms with Crippen molar-refractivity contribution in [3.63, 3.8) is 0 Å². The summed E-state index contributed by atoms with van der Waals surface area (Å²) in [6, 6.07) is 8.15. The van der Waals surface area contributed by atoms with E-state index in [0.29, 0.717) is 5.92 Å². The summed E-state index contributed by atoms with van der Waals surface area (Å²) in [7, 11) is 0. The van der Waals surface area contributed by atoms with Crippen LogP contribution in [0, 0.1) is 5.92 Å². The highest BCUT2D eigenvalue weighted by Crippen LogP contribution is 2.23. The third-order valence-electron chi connectivity index (χ3n) is 5.12. The van der Waals surface area contributed by atoms with Crippen LogP contribution in [-0.4, -0.2) is 25.7 Å². The van der Waals surface area contributed by atoms with Gasteiger partial charge >= 0.3 is 6.03 Å². The number of carbonyl (C=O) groups excluding carboxylic acids is 1. The molecule has 2 amide bonds. The van der Waals surface area contributed by atoms with Gasteiger partial charge < -0.3 is 15.5 Å². The lowest BCUT2D eigenvalue weighted by atomic mass is 9.89. The van der Waals surface area contributed by atoms with Gasteiger partial charge in [-0.2, -0.15) is 0 Å². The Bertz CT molecular complexity index is 488. The van der Waals surface area contributed by atoms with Crippen LogP contribution in [-0.2, 0) is 0 Å². The van der Waals surface area contributed by atoms with Gasteiger partial charge in [0.25, 0.3) is 0 Å². The number of benzene rings is 1. The zero-order valence-electron chi connectivity index (χ0n) is 14.0. The molecule has 1 aliphatic heterocycles. The Morgan fingerprint density at radius 3 is 2.30 bits per heavy atom. The van der Waals surface area contributed by atoms with Crippen LogP contribution in [0.15, 0.2) is 24.3 Å². The fraction of sp³-hybridized carbons (Fsp3) is 0.632. The summed E-state index contributed by atoms with van der Waals surface area (Å²) >= 11 is 0. The molecule has 2 fully saturated rings. The fourth-order valence-electron chi connectivity index (χ4n) is 3.71. The quantitative estimate of drug-likeness (QED) is 0.866. The van der Waals surface area contributed by atoms with Crippen LogP contribution >= 0.6 is 0 Å². The minimum atomic E-state index is -0.0821. The summed E-state index contributed by atoms with van der Waals surface area (Å²) in [4.78, 5) is 14.4. The number of nitrogens with zero attached hydrogens (tertiary/aromatic N) is 1. The first-order valence-corrected chi connectivity index (χ1v) is 9.21. The second-order valence-electron chi connectivity index (χ2n) is 6.93. The molecule has 1 aliphatic carbocycles. The number of hydrogen-bond acceptors (Lipinski definition) is 2. The SMILES string of the molecule is O=C(NCC1CCCCC1)Nc1ccc(N2CCCCC2)cc1. The van der Waals surface area contributed by atoms with Gasteiger partial charge in [0, 0.05) is 31.0 Å². The molecule has 0 atom stereocenters. The second kappa shape index (κ2) is 8.23. The Kier molecular flexibility index (Phi) is 5.78. The van der Waals surface area contributed by atoms with Crippen molar-refractivity contribution in [1.29, 1.82) is 0 Å². The van der Waals surface area contributed by atoms with E-state index in [1.807, 2.05) is 12.1 Å². The van der Waals surface area contributed by atoms with E-state index in [1.165, 1.54) is 57.1 Å². The maximum Gasteiger partial charge on any atom is 0.319 e. The van der Waals surface area contributed by atoms with Crippen LogP contribution in [0.2, 0.25) is 0 Å². The molecule has 1 saturated heterocycles. The van der Waals surface area contributed by atoms with Crippen molar-refractivity contribution in [2.24, 2.45) is 5.92 Å². The van der Waals surface area contributed by atoms with Crippen molar-refractivity contribution in [3.05, 3.63) is 24.3 Å². The van der Waals surface area contributed by atoms with Gasteiger partial charge in [-0.3, -0.25) is 0 Å². The highest BCUT2D eigenvalue weighted by atomic mass is 16.2. The van der Waals surface area contributed by atoms with Gasteiger partial charge in [-0.05, 0) is 62.3 Å². The minimum absolute atomic E-state index is 0.0821. The van der Waals surface area contributed by atoms with Crippen LogP contribution in [0.5, 0.6) is 0 Å². The summed E-state index contributed by atoms with van der Waals surface area (Å²) in [5, 5.41) is 5.96. The standard InChI is InChI=1S/C19H29N3O/c23-19(20-15-16-7-3-1-4-8-16)21-17-9-11-18(12-10-17)22-13-5-2-6-14-22/h9-12,16H,1-8,13-15H2,(H2,20,21,23). The van der Waals surface area contributed by atoms with E-state index in [1.54, 1.807) is 0 Å². The number of rotatable bonds is 4. The number of nitrogens with one attached hydrogen (secondary N) is 2. The molecule has 1 aromatic rings. The van der Waals surface area contributed by atoms with Crippen molar-refractivity contribution < 1.29 is 4.79 Å². The first-order valence-electron chi connectivity index (χ1n) is 9.21. The Morgan fingerprint density at radius 2 is 1.61 bits per heavy atom. The molecule has 1 saturated carbocycles. The average molecular weight is 315 g/mol. The van der Waals surface area contributed by atoms with E-state index < -0.39 is 0 Å². The number of amides is 2. The van der Waals surface area contributed by atoms with Gasteiger partial charge in [0.2, 0.25) is 0 Å². The van der Waals surface area contributed by atoms with Crippen LogP contribution in [0.3, 0.4) is 0 Å². The summed E-state index contributed by atoms with van der Waals surface area (Å²) in [6.07, 6.45) is 10.4. The zero-order chi connectivity index (χ0) is 15.9. The van der Waals surface area contributed by atoms with Gasteiger partial charge in [0.05, 0.1) is 0 Å². The maximum atomic E-state index is 12.0. The van der Waals surface area contributed by atoms with E-state index >= 15 is 0 Å². The monoisotopic (exact) mass is 315 g/mol. The third kappa shape index (κ3) is 4.88. The number of piperidine rings is 1. The van der Waals surface area contributed by atoms with Crippen molar-refractivity contribution >= 4 is 17.4 Å². The molecule has 1 heterocycles. The van der Waals surface area contributed by atoms with E-state index in [-0.39, 0.29) is 6.03 Å². The van der Waals surface area contributed by atoms with E-state index in [4.69, 9.17) is 0 Å². The second-order valence-corrected chi connectivity index (χ2v) is 6.93. The third-order valence-corrected chi connectivity index (χ3v) is 5.12. The van der Waals surface area contributed by atoms with Gasteiger partial charge in [-0.25, -0.2) is 4.79 Å². The molecule has 23 heavy (non-hydrogen) atoms. The Hall–Kier alpha value is -1.71. The molecule has 0 radical (unpaired) electrons. The van der Waals surface area contributed by atoms with Gasteiger partial charge in [-0.1, -0.05) is 19.3 Å². The van der Waals surface area contributed by atoms with E-state index in [2.05, 4.69) is 27.7 Å². The largest absolute Gasteiger partial charge is 0.372 e.